The third-order valence-corrected chi connectivity index (χ3v) is 3.23. The summed E-state index contributed by atoms with van der Waals surface area (Å²) in [7, 11) is 3.17. The van der Waals surface area contributed by atoms with Gasteiger partial charge in [-0.2, -0.15) is 4.98 Å². The Bertz CT molecular complexity index is 573. The fourth-order valence-electron chi connectivity index (χ4n) is 1.81. The van der Waals surface area contributed by atoms with Gasteiger partial charge in [0.1, 0.15) is 11.5 Å². The predicted molar refractivity (Wildman–Crippen MR) is 77.4 cm³/mol. The van der Waals surface area contributed by atoms with Gasteiger partial charge in [-0.25, -0.2) is 0 Å². The van der Waals surface area contributed by atoms with Crippen LogP contribution in [0.5, 0.6) is 11.5 Å². The van der Waals surface area contributed by atoms with Crippen LogP contribution in [0.2, 0.25) is 0 Å². The Balaban J connectivity index is 2.24. The lowest BCUT2D eigenvalue weighted by molar-refractivity contribution is 0.116. The number of aliphatic hydroxyl groups is 1. The van der Waals surface area contributed by atoms with Gasteiger partial charge in [0.15, 0.2) is 0 Å². The van der Waals surface area contributed by atoms with Crippen LogP contribution >= 0.6 is 0 Å². The van der Waals surface area contributed by atoms with Crippen LogP contribution in [0.25, 0.3) is 11.4 Å². The number of hydrogen-bond acceptors (Lipinski definition) is 6. The van der Waals surface area contributed by atoms with Gasteiger partial charge in [0.05, 0.1) is 26.7 Å². The average Bonchev–Trinajstić information content (AvgIpc) is 2.95. The molecule has 21 heavy (non-hydrogen) atoms. The van der Waals surface area contributed by atoms with Gasteiger partial charge < -0.3 is 19.1 Å². The van der Waals surface area contributed by atoms with Crippen LogP contribution in [-0.2, 0) is 6.42 Å². The summed E-state index contributed by atoms with van der Waals surface area (Å²) in [5, 5.41) is 13.8. The van der Waals surface area contributed by atoms with E-state index < -0.39 is 6.10 Å². The van der Waals surface area contributed by atoms with Crippen LogP contribution in [0.4, 0.5) is 0 Å². The maximum absolute atomic E-state index is 9.86. The minimum Gasteiger partial charge on any atom is -0.497 e. The minimum atomic E-state index is -0.502. The van der Waals surface area contributed by atoms with Crippen molar-refractivity contribution >= 4 is 0 Å². The SMILES string of the molecule is COc1cc(OC)cc(-c2noc(CC(O)C(C)C)n2)c1. The van der Waals surface area contributed by atoms with Crippen LogP contribution < -0.4 is 9.47 Å². The first-order valence-electron chi connectivity index (χ1n) is 6.77. The molecular weight excluding hydrogens is 272 g/mol. The predicted octanol–water partition coefficient (Wildman–Crippen LogP) is 2.31. The number of aromatic nitrogens is 2. The van der Waals surface area contributed by atoms with E-state index in [4.69, 9.17) is 14.0 Å². The second-order valence-corrected chi connectivity index (χ2v) is 5.13. The van der Waals surface area contributed by atoms with Crippen molar-refractivity contribution in [3.05, 3.63) is 24.1 Å². The summed E-state index contributed by atoms with van der Waals surface area (Å²) >= 11 is 0. The van der Waals surface area contributed by atoms with Crippen molar-refractivity contribution in [3.63, 3.8) is 0 Å². The molecule has 0 aliphatic heterocycles. The van der Waals surface area contributed by atoms with E-state index in [0.29, 0.717) is 29.6 Å². The number of hydrogen-bond donors (Lipinski definition) is 1. The fraction of sp³-hybridized carbons (Fsp3) is 0.467. The first-order chi connectivity index (χ1) is 10.0. The van der Waals surface area contributed by atoms with Crippen LogP contribution in [0, 0.1) is 5.92 Å². The molecule has 6 nitrogen and oxygen atoms in total. The van der Waals surface area contributed by atoms with E-state index in [1.165, 1.54) is 0 Å². The van der Waals surface area contributed by atoms with Crippen molar-refractivity contribution in [3.8, 4) is 22.9 Å². The summed E-state index contributed by atoms with van der Waals surface area (Å²) in [5.41, 5.74) is 0.736. The molecule has 1 unspecified atom stereocenters. The summed E-state index contributed by atoms with van der Waals surface area (Å²) in [6.07, 6.45) is -0.163. The van der Waals surface area contributed by atoms with Gasteiger partial charge in [0.25, 0.3) is 0 Å². The van der Waals surface area contributed by atoms with Gasteiger partial charge in [-0.15, -0.1) is 0 Å². The fourth-order valence-corrected chi connectivity index (χ4v) is 1.81. The van der Waals surface area contributed by atoms with E-state index >= 15 is 0 Å². The van der Waals surface area contributed by atoms with Crippen molar-refractivity contribution < 1.29 is 19.1 Å². The Kier molecular flexibility index (Phi) is 4.80. The largest absolute Gasteiger partial charge is 0.497 e. The zero-order valence-electron chi connectivity index (χ0n) is 12.7. The molecule has 0 fully saturated rings. The molecule has 1 aromatic heterocycles. The molecular formula is C15H20N2O4. The Morgan fingerprint density at radius 2 is 1.76 bits per heavy atom. The molecule has 2 rings (SSSR count). The van der Waals surface area contributed by atoms with Gasteiger partial charge in [0.2, 0.25) is 11.7 Å². The number of ether oxygens (including phenoxy) is 2. The zero-order chi connectivity index (χ0) is 15.4. The van der Waals surface area contributed by atoms with Gasteiger partial charge in [-0.3, -0.25) is 0 Å². The quantitative estimate of drug-likeness (QED) is 0.880. The summed E-state index contributed by atoms with van der Waals surface area (Å²) in [4.78, 5) is 4.30. The molecule has 0 radical (unpaired) electrons. The zero-order valence-corrected chi connectivity index (χ0v) is 12.7. The third kappa shape index (κ3) is 3.72. The highest BCUT2D eigenvalue weighted by atomic mass is 16.5. The number of aliphatic hydroxyl groups excluding tert-OH is 1. The number of rotatable bonds is 6. The lowest BCUT2D eigenvalue weighted by Gasteiger charge is -2.10. The van der Waals surface area contributed by atoms with Crippen LogP contribution in [-0.4, -0.2) is 35.6 Å². The van der Waals surface area contributed by atoms with Gasteiger partial charge in [0, 0.05) is 11.6 Å². The van der Waals surface area contributed by atoms with E-state index in [1.54, 1.807) is 32.4 Å². The summed E-state index contributed by atoms with van der Waals surface area (Å²) < 4.78 is 15.6. The van der Waals surface area contributed by atoms with Gasteiger partial charge >= 0.3 is 0 Å². The van der Waals surface area contributed by atoms with E-state index in [1.807, 2.05) is 13.8 Å². The maximum atomic E-state index is 9.86. The highest BCUT2D eigenvalue weighted by molar-refractivity contribution is 5.60. The highest BCUT2D eigenvalue weighted by Gasteiger charge is 2.16. The van der Waals surface area contributed by atoms with E-state index in [-0.39, 0.29) is 5.92 Å². The average molecular weight is 292 g/mol. The van der Waals surface area contributed by atoms with Crippen LogP contribution in [0.1, 0.15) is 19.7 Å². The number of nitrogens with zero attached hydrogens (tertiary/aromatic N) is 2. The molecule has 0 aliphatic carbocycles. The molecule has 0 aliphatic rings. The van der Waals surface area contributed by atoms with E-state index in [2.05, 4.69) is 10.1 Å². The van der Waals surface area contributed by atoms with Crippen molar-refractivity contribution in [2.45, 2.75) is 26.4 Å². The monoisotopic (exact) mass is 292 g/mol. The molecule has 1 aromatic carbocycles. The van der Waals surface area contributed by atoms with Gasteiger partial charge in [-0.05, 0) is 18.1 Å². The van der Waals surface area contributed by atoms with Crippen LogP contribution in [0.15, 0.2) is 22.7 Å². The topological polar surface area (TPSA) is 77.6 Å². The molecule has 6 heteroatoms. The van der Waals surface area contributed by atoms with Crippen molar-refractivity contribution in [1.82, 2.24) is 10.1 Å². The van der Waals surface area contributed by atoms with Crippen molar-refractivity contribution in [2.75, 3.05) is 14.2 Å². The molecule has 114 valence electrons. The standard InChI is InChI=1S/C15H20N2O4/c1-9(2)13(18)8-14-16-15(17-21-14)10-5-11(19-3)7-12(6-10)20-4/h5-7,9,13,18H,8H2,1-4H3. The second-order valence-electron chi connectivity index (χ2n) is 5.13. The van der Waals surface area contributed by atoms with Crippen molar-refractivity contribution in [1.29, 1.82) is 0 Å². The third-order valence-electron chi connectivity index (χ3n) is 3.23. The Labute approximate surface area is 123 Å². The molecule has 1 N–H and O–H groups in total. The molecule has 0 saturated carbocycles. The normalized spacial score (nSPS) is 12.5. The summed E-state index contributed by atoms with van der Waals surface area (Å²) in [5.74, 6) is 2.29. The second kappa shape index (κ2) is 6.58. The van der Waals surface area contributed by atoms with E-state index in [9.17, 15) is 5.11 Å². The van der Waals surface area contributed by atoms with Gasteiger partial charge in [-0.1, -0.05) is 19.0 Å². The maximum Gasteiger partial charge on any atom is 0.229 e. The lowest BCUT2D eigenvalue weighted by Crippen LogP contribution is -2.17. The molecule has 0 saturated heterocycles. The molecule has 2 aromatic rings. The Hall–Kier alpha value is -2.08. The van der Waals surface area contributed by atoms with Crippen molar-refractivity contribution in [2.24, 2.45) is 5.92 Å². The number of methoxy groups -OCH3 is 2. The molecule has 0 bridgehead atoms. The smallest absolute Gasteiger partial charge is 0.229 e. The molecule has 0 amide bonds. The Morgan fingerprint density at radius 3 is 2.29 bits per heavy atom. The molecule has 1 atom stereocenters. The minimum absolute atomic E-state index is 0.136. The Morgan fingerprint density at radius 1 is 1.14 bits per heavy atom. The number of benzene rings is 1. The molecule has 1 heterocycles. The van der Waals surface area contributed by atoms with E-state index in [0.717, 1.165) is 5.56 Å². The first kappa shape index (κ1) is 15.3. The highest BCUT2D eigenvalue weighted by Crippen LogP contribution is 2.28. The first-order valence-corrected chi connectivity index (χ1v) is 6.77. The summed E-state index contributed by atoms with van der Waals surface area (Å²) in [6, 6.07) is 5.37. The summed E-state index contributed by atoms with van der Waals surface area (Å²) in [6.45, 7) is 3.88. The lowest BCUT2D eigenvalue weighted by atomic mass is 10.0. The van der Waals surface area contributed by atoms with Crippen LogP contribution in [0.3, 0.4) is 0 Å². The molecule has 0 spiro atoms.